The molecule has 3 rings (SSSR count). The van der Waals surface area contributed by atoms with E-state index >= 15 is 0 Å². The fraction of sp³-hybridized carbons (Fsp3) is 0.0833. The highest BCUT2D eigenvalue weighted by Crippen LogP contribution is 2.33. The quantitative estimate of drug-likeness (QED) is 0.747. The van der Waals surface area contributed by atoms with Gasteiger partial charge in [0.2, 0.25) is 0 Å². The van der Waals surface area contributed by atoms with E-state index in [4.69, 9.17) is 11.6 Å². The summed E-state index contributed by atoms with van der Waals surface area (Å²) in [6.07, 6.45) is 1.69. The van der Waals surface area contributed by atoms with E-state index in [1.165, 1.54) is 11.3 Å². The normalized spacial score (nSPS) is 12.5. The number of benzene rings is 1. The molecule has 1 aromatic carbocycles. The number of hydrogen-bond donors (Lipinski definition) is 1. The Labute approximate surface area is 113 Å². The summed E-state index contributed by atoms with van der Waals surface area (Å²) in [5.41, 5.74) is 1.88. The Bertz CT molecular complexity index is 621. The molecule has 3 aromatic rings. The van der Waals surface area contributed by atoms with Crippen LogP contribution >= 0.6 is 22.9 Å². The zero-order valence-corrected chi connectivity index (χ0v) is 10.8. The minimum Gasteiger partial charge on any atom is -0.275 e. The van der Waals surface area contributed by atoms with Crippen LogP contribution in [0.15, 0.2) is 42.6 Å². The van der Waals surface area contributed by atoms with Crippen molar-refractivity contribution in [2.45, 2.75) is 5.38 Å². The van der Waals surface area contributed by atoms with Gasteiger partial charge in [-0.2, -0.15) is 5.10 Å². The summed E-state index contributed by atoms with van der Waals surface area (Å²) in [5.74, 6) is 0. The summed E-state index contributed by atoms with van der Waals surface area (Å²) >= 11 is 7.86. The van der Waals surface area contributed by atoms with Crippen molar-refractivity contribution >= 4 is 22.9 Å². The number of halogens is 1. The molecule has 6 heteroatoms. The molecule has 0 spiro atoms. The fourth-order valence-electron chi connectivity index (χ4n) is 1.59. The van der Waals surface area contributed by atoms with Crippen LogP contribution in [0.25, 0.3) is 10.7 Å². The number of rotatable bonds is 3. The molecule has 0 aliphatic heterocycles. The number of H-pyrrole nitrogens is 1. The molecule has 18 heavy (non-hydrogen) atoms. The van der Waals surface area contributed by atoms with Gasteiger partial charge in [0, 0.05) is 6.20 Å². The largest absolute Gasteiger partial charge is 0.275 e. The molecule has 2 aromatic heterocycles. The third kappa shape index (κ3) is 2.14. The zero-order chi connectivity index (χ0) is 12.4. The molecule has 0 amide bonds. The van der Waals surface area contributed by atoms with E-state index in [2.05, 4.69) is 20.4 Å². The summed E-state index contributed by atoms with van der Waals surface area (Å²) in [6, 6.07) is 11.7. The summed E-state index contributed by atoms with van der Waals surface area (Å²) in [6.45, 7) is 0. The highest BCUT2D eigenvalue weighted by Gasteiger charge is 2.17. The maximum Gasteiger partial charge on any atom is 0.165 e. The van der Waals surface area contributed by atoms with Gasteiger partial charge in [-0.1, -0.05) is 41.7 Å². The van der Waals surface area contributed by atoms with Crippen LogP contribution < -0.4 is 0 Å². The van der Waals surface area contributed by atoms with E-state index in [9.17, 15) is 0 Å². The molecule has 1 unspecified atom stereocenters. The number of aromatic amines is 1. The smallest absolute Gasteiger partial charge is 0.165 e. The molecule has 90 valence electrons. The molecule has 2 heterocycles. The van der Waals surface area contributed by atoms with Gasteiger partial charge in [0.25, 0.3) is 0 Å². The molecular weight excluding hydrogens is 268 g/mol. The first-order chi connectivity index (χ1) is 8.84. The van der Waals surface area contributed by atoms with E-state index in [-0.39, 0.29) is 5.38 Å². The zero-order valence-electron chi connectivity index (χ0n) is 9.25. The molecule has 0 aliphatic rings. The summed E-state index contributed by atoms with van der Waals surface area (Å²) in [7, 11) is 0. The van der Waals surface area contributed by atoms with Crippen molar-refractivity contribution in [3.05, 3.63) is 53.2 Å². The Morgan fingerprint density at radius 2 is 1.94 bits per heavy atom. The molecular formula is C12H9ClN4S. The van der Waals surface area contributed by atoms with Gasteiger partial charge >= 0.3 is 0 Å². The summed E-state index contributed by atoms with van der Waals surface area (Å²) in [4.78, 5) is 0. The van der Waals surface area contributed by atoms with Crippen molar-refractivity contribution in [1.29, 1.82) is 0 Å². The molecule has 1 N–H and O–H groups in total. The maximum atomic E-state index is 6.39. The number of nitrogens with zero attached hydrogens (tertiary/aromatic N) is 3. The average Bonchev–Trinajstić information content (AvgIpc) is 3.09. The third-order valence-corrected chi connectivity index (χ3v) is 4.09. The molecule has 0 fully saturated rings. The highest BCUT2D eigenvalue weighted by atomic mass is 35.5. The second kappa shape index (κ2) is 4.88. The van der Waals surface area contributed by atoms with Crippen LogP contribution in [0.3, 0.4) is 0 Å². The van der Waals surface area contributed by atoms with Crippen molar-refractivity contribution in [1.82, 2.24) is 20.4 Å². The lowest BCUT2D eigenvalue weighted by molar-refractivity contribution is 0.982. The second-order valence-electron chi connectivity index (χ2n) is 3.69. The van der Waals surface area contributed by atoms with E-state index in [1.54, 1.807) is 6.20 Å². The van der Waals surface area contributed by atoms with E-state index in [0.29, 0.717) is 0 Å². The Hall–Kier alpha value is -1.72. The van der Waals surface area contributed by atoms with E-state index in [0.717, 1.165) is 21.3 Å². The monoisotopic (exact) mass is 276 g/mol. The minimum atomic E-state index is -0.264. The molecule has 0 saturated heterocycles. The highest BCUT2D eigenvalue weighted by molar-refractivity contribution is 7.15. The van der Waals surface area contributed by atoms with Gasteiger partial charge in [0.15, 0.2) is 5.01 Å². The molecule has 0 saturated carbocycles. The van der Waals surface area contributed by atoms with Crippen molar-refractivity contribution in [2.75, 3.05) is 0 Å². The first-order valence-electron chi connectivity index (χ1n) is 5.37. The van der Waals surface area contributed by atoms with Gasteiger partial charge in [-0.15, -0.1) is 21.8 Å². The van der Waals surface area contributed by atoms with Crippen molar-refractivity contribution < 1.29 is 0 Å². The average molecular weight is 277 g/mol. The van der Waals surface area contributed by atoms with Crippen LogP contribution in [-0.4, -0.2) is 20.4 Å². The predicted molar refractivity (Wildman–Crippen MR) is 71.6 cm³/mol. The van der Waals surface area contributed by atoms with Gasteiger partial charge in [0.1, 0.15) is 10.4 Å². The van der Waals surface area contributed by atoms with Crippen LogP contribution in [0, 0.1) is 0 Å². The molecule has 0 bridgehead atoms. The molecule has 1 atom stereocenters. The van der Waals surface area contributed by atoms with Gasteiger partial charge in [0.05, 0.1) is 5.69 Å². The fourth-order valence-corrected chi connectivity index (χ4v) is 2.73. The SMILES string of the molecule is ClC(c1ccccc1)c1nnc(-c2ccn[nH]2)s1. The van der Waals surface area contributed by atoms with Crippen molar-refractivity contribution in [3.8, 4) is 10.7 Å². The Morgan fingerprint density at radius 1 is 1.11 bits per heavy atom. The Morgan fingerprint density at radius 3 is 2.67 bits per heavy atom. The lowest BCUT2D eigenvalue weighted by atomic mass is 10.1. The number of aromatic nitrogens is 4. The molecule has 0 aliphatic carbocycles. The number of alkyl halides is 1. The van der Waals surface area contributed by atoms with Gasteiger partial charge in [-0.3, -0.25) is 5.10 Å². The number of hydrogen-bond acceptors (Lipinski definition) is 4. The van der Waals surface area contributed by atoms with Crippen LogP contribution in [0.1, 0.15) is 15.9 Å². The van der Waals surface area contributed by atoms with Gasteiger partial charge in [-0.25, -0.2) is 0 Å². The van der Waals surface area contributed by atoms with Crippen LogP contribution in [0.2, 0.25) is 0 Å². The maximum absolute atomic E-state index is 6.39. The third-order valence-electron chi connectivity index (χ3n) is 2.48. The number of nitrogens with one attached hydrogen (secondary N) is 1. The first-order valence-corrected chi connectivity index (χ1v) is 6.62. The lowest BCUT2D eigenvalue weighted by Crippen LogP contribution is -1.91. The topological polar surface area (TPSA) is 54.5 Å². The van der Waals surface area contributed by atoms with Crippen LogP contribution in [0.5, 0.6) is 0 Å². The lowest BCUT2D eigenvalue weighted by Gasteiger charge is -2.04. The standard InChI is InChI=1S/C12H9ClN4S/c13-10(8-4-2-1-3-5-8)12-17-16-11(18-12)9-6-7-14-15-9/h1-7,10H,(H,14,15). The van der Waals surface area contributed by atoms with Gasteiger partial charge in [-0.05, 0) is 11.6 Å². The van der Waals surface area contributed by atoms with Gasteiger partial charge < -0.3 is 0 Å². The second-order valence-corrected chi connectivity index (χ2v) is 5.13. The molecule has 4 nitrogen and oxygen atoms in total. The Balaban J connectivity index is 1.90. The first kappa shape index (κ1) is 11.4. The summed E-state index contributed by atoms with van der Waals surface area (Å²) < 4.78 is 0. The summed E-state index contributed by atoms with van der Waals surface area (Å²) in [5, 5.41) is 16.3. The predicted octanol–water partition coefficient (Wildman–Crippen LogP) is 3.26. The molecule has 0 radical (unpaired) electrons. The van der Waals surface area contributed by atoms with Crippen LogP contribution in [0.4, 0.5) is 0 Å². The van der Waals surface area contributed by atoms with Crippen LogP contribution in [-0.2, 0) is 0 Å². The Kier molecular flexibility index (Phi) is 3.08. The van der Waals surface area contributed by atoms with Crippen molar-refractivity contribution in [2.24, 2.45) is 0 Å². The minimum absolute atomic E-state index is 0.264. The van der Waals surface area contributed by atoms with Crippen molar-refractivity contribution in [3.63, 3.8) is 0 Å². The van der Waals surface area contributed by atoms with E-state index < -0.39 is 0 Å². The van der Waals surface area contributed by atoms with E-state index in [1.807, 2.05) is 36.4 Å².